The lowest BCUT2D eigenvalue weighted by Crippen LogP contribution is -2.30. The van der Waals surface area contributed by atoms with Crippen LogP contribution in [0.1, 0.15) is 38.9 Å². The van der Waals surface area contributed by atoms with Gasteiger partial charge in [0, 0.05) is 10.9 Å². The zero-order valence-electron chi connectivity index (χ0n) is 16.8. The van der Waals surface area contributed by atoms with Gasteiger partial charge in [-0.15, -0.1) is 0 Å². The number of esters is 2. The van der Waals surface area contributed by atoms with E-state index in [1.807, 2.05) is 31.2 Å². The molecule has 0 atom stereocenters. The van der Waals surface area contributed by atoms with Crippen LogP contribution in [0, 0.1) is 6.92 Å². The molecule has 0 aliphatic heterocycles. The topological polar surface area (TPSA) is 94.6 Å². The molecule has 1 amide bonds. The molecule has 0 unspecified atom stereocenters. The van der Waals surface area contributed by atoms with Crippen molar-refractivity contribution in [3.05, 3.63) is 77.0 Å². The Hall–Kier alpha value is -3.74. The molecule has 2 aromatic carbocycles. The van der Waals surface area contributed by atoms with Crippen LogP contribution < -0.4 is 5.32 Å². The number of benzene rings is 2. The highest BCUT2D eigenvalue weighted by atomic mass is 16.5. The van der Waals surface area contributed by atoms with E-state index >= 15 is 0 Å². The van der Waals surface area contributed by atoms with E-state index in [0.29, 0.717) is 22.3 Å². The Morgan fingerprint density at radius 1 is 0.967 bits per heavy atom. The molecule has 0 radical (unpaired) electrons. The van der Waals surface area contributed by atoms with Gasteiger partial charge in [0.05, 0.1) is 23.4 Å². The molecule has 0 aliphatic rings. The van der Waals surface area contributed by atoms with Gasteiger partial charge < -0.3 is 14.8 Å². The molecule has 0 spiro atoms. The van der Waals surface area contributed by atoms with E-state index in [2.05, 4.69) is 10.3 Å². The van der Waals surface area contributed by atoms with Gasteiger partial charge in [0.2, 0.25) is 0 Å². The predicted molar refractivity (Wildman–Crippen MR) is 111 cm³/mol. The van der Waals surface area contributed by atoms with Crippen molar-refractivity contribution in [1.29, 1.82) is 0 Å². The quantitative estimate of drug-likeness (QED) is 0.606. The van der Waals surface area contributed by atoms with Crippen molar-refractivity contribution < 1.29 is 23.9 Å². The van der Waals surface area contributed by atoms with Crippen molar-refractivity contribution >= 4 is 28.7 Å². The highest BCUT2D eigenvalue weighted by Crippen LogP contribution is 2.24. The minimum absolute atomic E-state index is 0.208. The van der Waals surface area contributed by atoms with E-state index in [9.17, 15) is 14.4 Å². The van der Waals surface area contributed by atoms with Gasteiger partial charge in [-0.3, -0.25) is 9.59 Å². The Balaban J connectivity index is 1.73. The van der Waals surface area contributed by atoms with Crippen LogP contribution >= 0.6 is 0 Å². The van der Waals surface area contributed by atoms with Gasteiger partial charge in [0.25, 0.3) is 5.91 Å². The predicted octanol–water partition coefficient (Wildman–Crippen LogP) is 3.19. The van der Waals surface area contributed by atoms with Crippen LogP contribution in [-0.4, -0.2) is 36.0 Å². The standard InChI is InChI=1S/C23H22N2O5/c1-3-29-23(28)21-15(2)17-11-7-8-12-18(17)25-19(21)14-30-20(26)13-24-22(27)16-9-5-4-6-10-16/h4-12H,3,13-14H2,1-2H3,(H,24,27). The van der Waals surface area contributed by atoms with Crippen LogP contribution in [-0.2, 0) is 20.9 Å². The fraction of sp³-hybridized carbons (Fsp3) is 0.217. The summed E-state index contributed by atoms with van der Waals surface area (Å²) in [6.45, 7) is 3.24. The first kappa shape index (κ1) is 21.0. The molecule has 3 aromatic rings. The summed E-state index contributed by atoms with van der Waals surface area (Å²) in [5.41, 5.74) is 2.44. The number of para-hydroxylation sites is 1. The van der Waals surface area contributed by atoms with Gasteiger partial charge in [0.1, 0.15) is 13.2 Å². The third kappa shape index (κ3) is 4.81. The minimum Gasteiger partial charge on any atom is -0.462 e. The number of hydrogen-bond donors (Lipinski definition) is 1. The highest BCUT2D eigenvalue weighted by molar-refractivity contribution is 5.98. The molecule has 0 saturated carbocycles. The lowest BCUT2D eigenvalue weighted by Gasteiger charge is -2.14. The molecule has 7 nitrogen and oxygen atoms in total. The number of carbonyl (C=O) groups excluding carboxylic acids is 3. The summed E-state index contributed by atoms with van der Waals surface area (Å²) in [4.78, 5) is 41.1. The Labute approximate surface area is 174 Å². The minimum atomic E-state index is -0.637. The van der Waals surface area contributed by atoms with Gasteiger partial charge in [0.15, 0.2) is 0 Å². The number of nitrogens with zero attached hydrogens (tertiary/aromatic N) is 1. The first-order chi connectivity index (χ1) is 14.5. The third-order valence-corrected chi connectivity index (χ3v) is 4.51. The summed E-state index contributed by atoms with van der Waals surface area (Å²) in [7, 11) is 0. The lowest BCUT2D eigenvalue weighted by molar-refractivity contribution is -0.143. The zero-order valence-corrected chi connectivity index (χ0v) is 16.8. The third-order valence-electron chi connectivity index (χ3n) is 4.51. The molecule has 3 rings (SSSR count). The van der Waals surface area contributed by atoms with Gasteiger partial charge in [-0.1, -0.05) is 36.4 Å². The van der Waals surface area contributed by atoms with Gasteiger partial charge in [-0.05, 0) is 37.6 Å². The molecule has 0 fully saturated rings. The van der Waals surface area contributed by atoms with Gasteiger partial charge in [-0.25, -0.2) is 9.78 Å². The van der Waals surface area contributed by atoms with Crippen LogP contribution in [0.2, 0.25) is 0 Å². The number of pyridine rings is 1. The van der Waals surface area contributed by atoms with Crippen LogP contribution in [0.15, 0.2) is 54.6 Å². The number of hydrogen-bond acceptors (Lipinski definition) is 6. The van der Waals surface area contributed by atoms with Crippen molar-refractivity contribution in [2.75, 3.05) is 13.2 Å². The van der Waals surface area contributed by atoms with Crippen molar-refractivity contribution in [3.63, 3.8) is 0 Å². The second-order valence-corrected chi connectivity index (χ2v) is 6.51. The summed E-state index contributed by atoms with van der Waals surface area (Å²) in [6, 6.07) is 16.0. The summed E-state index contributed by atoms with van der Waals surface area (Å²) < 4.78 is 10.4. The average Bonchev–Trinajstić information content (AvgIpc) is 2.76. The van der Waals surface area contributed by atoms with Gasteiger partial charge in [-0.2, -0.15) is 0 Å². The largest absolute Gasteiger partial charge is 0.462 e. The Bertz CT molecular complexity index is 1080. The van der Waals surface area contributed by atoms with E-state index in [4.69, 9.17) is 9.47 Å². The number of rotatable bonds is 7. The maximum absolute atomic E-state index is 12.5. The normalized spacial score (nSPS) is 10.5. The van der Waals surface area contributed by atoms with Crippen molar-refractivity contribution in [1.82, 2.24) is 10.3 Å². The summed E-state index contributed by atoms with van der Waals surface area (Å²) in [6.07, 6.45) is 0. The molecular formula is C23H22N2O5. The number of carbonyl (C=O) groups is 3. The van der Waals surface area contributed by atoms with Crippen molar-refractivity contribution in [2.45, 2.75) is 20.5 Å². The van der Waals surface area contributed by atoms with Gasteiger partial charge >= 0.3 is 11.9 Å². The smallest absolute Gasteiger partial charge is 0.340 e. The SMILES string of the molecule is CCOC(=O)c1c(COC(=O)CNC(=O)c2ccccc2)nc2ccccc2c1C. The number of aromatic nitrogens is 1. The van der Waals surface area contributed by atoms with E-state index in [0.717, 1.165) is 5.39 Å². The first-order valence-electron chi connectivity index (χ1n) is 9.55. The van der Waals surface area contributed by atoms with E-state index in [1.165, 1.54) is 0 Å². The fourth-order valence-corrected chi connectivity index (χ4v) is 3.06. The molecular weight excluding hydrogens is 384 g/mol. The molecule has 154 valence electrons. The number of aryl methyl sites for hydroxylation is 1. The summed E-state index contributed by atoms with van der Waals surface area (Å²) in [5, 5.41) is 3.33. The number of amides is 1. The average molecular weight is 406 g/mol. The zero-order chi connectivity index (χ0) is 21.5. The molecule has 1 heterocycles. The second kappa shape index (κ2) is 9.65. The van der Waals surface area contributed by atoms with Crippen LogP contribution in [0.5, 0.6) is 0 Å². The molecule has 7 heteroatoms. The van der Waals surface area contributed by atoms with E-state index < -0.39 is 11.9 Å². The molecule has 1 N–H and O–H groups in total. The maximum Gasteiger partial charge on any atom is 0.340 e. The van der Waals surface area contributed by atoms with Crippen LogP contribution in [0.3, 0.4) is 0 Å². The number of nitrogens with one attached hydrogen (secondary N) is 1. The number of fused-ring (bicyclic) bond motifs is 1. The Morgan fingerprint density at radius 3 is 2.40 bits per heavy atom. The molecule has 1 aromatic heterocycles. The molecule has 30 heavy (non-hydrogen) atoms. The molecule has 0 saturated heterocycles. The van der Waals surface area contributed by atoms with Crippen molar-refractivity contribution in [2.24, 2.45) is 0 Å². The maximum atomic E-state index is 12.5. The highest BCUT2D eigenvalue weighted by Gasteiger charge is 2.21. The Kier molecular flexibility index (Phi) is 6.75. The monoisotopic (exact) mass is 406 g/mol. The second-order valence-electron chi connectivity index (χ2n) is 6.51. The lowest BCUT2D eigenvalue weighted by atomic mass is 10.0. The Morgan fingerprint density at radius 2 is 1.67 bits per heavy atom. The van der Waals surface area contributed by atoms with Crippen molar-refractivity contribution in [3.8, 4) is 0 Å². The summed E-state index contributed by atoms with van der Waals surface area (Å²) in [5.74, 6) is -1.53. The van der Waals surface area contributed by atoms with E-state index in [1.54, 1.807) is 37.3 Å². The van der Waals surface area contributed by atoms with E-state index in [-0.39, 0.29) is 31.2 Å². The van der Waals surface area contributed by atoms with Crippen LogP contribution in [0.4, 0.5) is 0 Å². The molecule has 0 aliphatic carbocycles. The molecule has 0 bridgehead atoms. The fourth-order valence-electron chi connectivity index (χ4n) is 3.06. The first-order valence-corrected chi connectivity index (χ1v) is 9.55. The number of ether oxygens (including phenoxy) is 2. The van der Waals surface area contributed by atoms with Crippen LogP contribution in [0.25, 0.3) is 10.9 Å². The summed E-state index contributed by atoms with van der Waals surface area (Å²) >= 11 is 0.